The lowest BCUT2D eigenvalue weighted by Gasteiger charge is -2.14. The molecular formula is C20H20N2O4. The quantitative estimate of drug-likeness (QED) is 0.634. The number of benzene rings is 2. The van der Waals surface area contributed by atoms with Gasteiger partial charge < -0.3 is 20.1 Å². The summed E-state index contributed by atoms with van der Waals surface area (Å²) in [4.78, 5) is 26.6. The molecule has 0 radical (unpaired) electrons. The number of aromatic amines is 1. The number of alkyl carbamates (subject to hydrolysis) is 1. The van der Waals surface area contributed by atoms with Crippen LogP contribution in [0, 0.1) is 6.92 Å². The highest BCUT2D eigenvalue weighted by molar-refractivity contribution is 5.85. The minimum absolute atomic E-state index is 0.0888. The normalized spacial score (nSPS) is 11.9. The fourth-order valence-electron chi connectivity index (χ4n) is 2.74. The number of H-pyrrole nitrogens is 1. The van der Waals surface area contributed by atoms with Crippen molar-refractivity contribution in [1.82, 2.24) is 10.3 Å². The van der Waals surface area contributed by atoms with Gasteiger partial charge in [-0.05, 0) is 24.1 Å². The number of hydrogen-bond donors (Lipinski definition) is 3. The van der Waals surface area contributed by atoms with Gasteiger partial charge in [0.2, 0.25) is 0 Å². The van der Waals surface area contributed by atoms with E-state index in [2.05, 4.69) is 10.3 Å². The van der Waals surface area contributed by atoms with Crippen LogP contribution >= 0.6 is 0 Å². The van der Waals surface area contributed by atoms with Gasteiger partial charge in [0.1, 0.15) is 12.6 Å². The van der Waals surface area contributed by atoms with Crippen LogP contribution in [0.1, 0.15) is 16.7 Å². The standard InChI is InChI=1S/C20H20N2O4/c1-13-6-8-14(9-7-13)12-26-20(25)22-18(19(23)24)10-15-11-21-17-5-3-2-4-16(15)17/h2-9,11,18,21H,10,12H2,1H3,(H,22,25)(H,23,24)/t18-/m0/s1. The molecule has 0 aliphatic rings. The van der Waals surface area contributed by atoms with Crippen LogP contribution in [0.15, 0.2) is 54.7 Å². The summed E-state index contributed by atoms with van der Waals surface area (Å²) < 4.78 is 5.13. The van der Waals surface area contributed by atoms with Crippen molar-refractivity contribution in [2.45, 2.75) is 26.0 Å². The lowest BCUT2D eigenvalue weighted by molar-refractivity contribution is -0.139. The summed E-state index contributed by atoms with van der Waals surface area (Å²) in [7, 11) is 0. The fourth-order valence-corrected chi connectivity index (χ4v) is 2.74. The molecule has 2 aromatic carbocycles. The van der Waals surface area contributed by atoms with E-state index in [0.717, 1.165) is 27.6 Å². The number of aliphatic carboxylic acids is 1. The van der Waals surface area contributed by atoms with Gasteiger partial charge in [0.05, 0.1) is 0 Å². The van der Waals surface area contributed by atoms with E-state index in [4.69, 9.17) is 4.74 Å². The number of hydrogen-bond acceptors (Lipinski definition) is 3. The van der Waals surface area contributed by atoms with E-state index in [-0.39, 0.29) is 13.0 Å². The van der Waals surface area contributed by atoms with Crippen LogP contribution < -0.4 is 5.32 Å². The lowest BCUT2D eigenvalue weighted by Crippen LogP contribution is -2.42. The average molecular weight is 352 g/mol. The van der Waals surface area contributed by atoms with Crippen molar-refractivity contribution in [1.29, 1.82) is 0 Å². The van der Waals surface area contributed by atoms with E-state index < -0.39 is 18.1 Å². The second-order valence-corrected chi connectivity index (χ2v) is 6.16. The Morgan fingerprint density at radius 2 is 1.88 bits per heavy atom. The second-order valence-electron chi connectivity index (χ2n) is 6.16. The van der Waals surface area contributed by atoms with Crippen LogP contribution in [-0.2, 0) is 22.6 Å². The van der Waals surface area contributed by atoms with Crippen molar-refractivity contribution >= 4 is 23.0 Å². The molecule has 0 spiro atoms. The minimum atomic E-state index is -1.11. The molecule has 26 heavy (non-hydrogen) atoms. The summed E-state index contributed by atoms with van der Waals surface area (Å²) in [6, 6.07) is 14.1. The Morgan fingerprint density at radius 1 is 1.15 bits per heavy atom. The van der Waals surface area contributed by atoms with Gasteiger partial charge in [-0.3, -0.25) is 0 Å². The van der Waals surface area contributed by atoms with Gasteiger partial charge in [-0.1, -0.05) is 48.0 Å². The van der Waals surface area contributed by atoms with Gasteiger partial charge in [-0.25, -0.2) is 9.59 Å². The third kappa shape index (κ3) is 4.22. The predicted molar refractivity (Wildman–Crippen MR) is 97.9 cm³/mol. The van der Waals surface area contributed by atoms with Gasteiger partial charge in [0, 0.05) is 23.5 Å². The SMILES string of the molecule is Cc1ccc(COC(=O)N[C@@H](Cc2c[nH]c3ccccc23)C(=O)O)cc1. The summed E-state index contributed by atoms with van der Waals surface area (Å²) >= 11 is 0. The number of carbonyl (C=O) groups excluding carboxylic acids is 1. The fraction of sp³-hybridized carbons (Fsp3) is 0.200. The van der Waals surface area contributed by atoms with Crippen molar-refractivity contribution in [3.63, 3.8) is 0 Å². The lowest BCUT2D eigenvalue weighted by atomic mass is 10.1. The summed E-state index contributed by atoms with van der Waals surface area (Å²) in [5.41, 5.74) is 3.71. The Balaban J connectivity index is 1.62. The van der Waals surface area contributed by atoms with E-state index >= 15 is 0 Å². The van der Waals surface area contributed by atoms with E-state index in [0.29, 0.717) is 0 Å². The van der Waals surface area contributed by atoms with Crippen LogP contribution in [0.5, 0.6) is 0 Å². The molecule has 6 heteroatoms. The van der Waals surface area contributed by atoms with E-state index in [1.165, 1.54) is 0 Å². The molecule has 0 unspecified atom stereocenters. The molecule has 0 aliphatic heterocycles. The summed E-state index contributed by atoms with van der Waals surface area (Å²) in [5, 5.41) is 12.8. The zero-order valence-electron chi connectivity index (χ0n) is 14.4. The van der Waals surface area contributed by atoms with Gasteiger partial charge in [0.25, 0.3) is 0 Å². The highest BCUT2D eigenvalue weighted by atomic mass is 16.5. The van der Waals surface area contributed by atoms with Gasteiger partial charge in [0.15, 0.2) is 0 Å². The molecule has 1 aromatic heterocycles. The Bertz CT molecular complexity index is 915. The van der Waals surface area contributed by atoms with E-state index in [1.54, 1.807) is 6.20 Å². The molecule has 134 valence electrons. The van der Waals surface area contributed by atoms with Gasteiger partial charge in [-0.2, -0.15) is 0 Å². The molecule has 6 nitrogen and oxygen atoms in total. The molecule has 3 aromatic rings. The molecule has 0 saturated carbocycles. The third-order valence-corrected chi connectivity index (χ3v) is 4.18. The number of aryl methyl sites for hydroxylation is 1. The zero-order valence-corrected chi connectivity index (χ0v) is 14.4. The number of amides is 1. The Morgan fingerprint density at radius 3 is 2.62 bits per heavy atom. The molecule has 1 amide bonds. The topological polar surface area (TPSA) is 91.4 Å². The van der Waals surface area contributed by atoms with E-state index in [1.807, 2.05) is 55.5 Å². The number of fused-ring (bicyclic) bond motifs is 1. The summed E-state index contributed by atoms with van der Waals surface area (Å²) in [6.45, 7) is 2.06. The largest absolute Gasteiger partial charge is 0.480 e. The molecule has 3 rings (SSSR count). The molecule has 1 heterocycles. The van der Waals surface area contributed by atoms with Crippen LogP contribution in [-0.4, -0.2) is 28.2 Å². The maximum Gasteiger partial charge on any atom is 0.408 e. The van der Waals surface area contributed by atoms with Crippen LogP contribution in [0.3, 0.4) is 0 Å². The monoisotopic (exact) mass is 352 g/mol. The van der Waals surface area contributed by atoms with Crippen LogP contribution in [0.25, 0.3) is 10.9 Å². The Hall–Kier alpha value is -3.28. The third-order valence-electron chi connectivity index (χ3n) is 4.18. The second kappa shape index (κ2) is 7.74. The van der Waals surface area contributed by atoms with Crippen molar-refractivity contribution in [3.05, 3.63) is 71.4 Å². The summed E-state index contributed by atoms with van der Waals surface area (Å²) in [5.74, 6) is -1.11. The number of carboxylic acids is 1. The molecule has 0 fully saturated rings. The molecule has 0 aliphatic carbocycles. The molecule has 0 bridgehead atoms. The van der Waals surface area contributed by atoms with Gasteiger partial charge in [-0.15, -0.1) is 0 Å². The molecular weight excluding hydrogens is 332 g/mol. The molecule has 3 N–H and O–H groups in total. The van der Waals surface area contributed by atoms with E-state index in [9.17, 15) is 14.7 Å². The number of carbonyl (C=O) groups is 2. The number of para-hydroxylation sites is 1. The predicted octanol–water partition coefficient (Wildman–Crippen LogP) is 3.40. The number of nitrogens with one attached hydrogen (secondary N) is 2. The smallest absolute Gasteiger partial charge is 0.408 e. The molecule has 1 atom stereocenters. The first-order valence-corrected chi connectivity index (χ1v) is 8.29. The number of aromatic nitrogens is 1. The number of carboxylic acid groups (broad SMARTS) is 1. The minimum Gasteiger partial charge on any atom is -0.480 e. The first-order valence-electron chi connectivity index (χ1n) is 8.29. The summed E-state index contributed by atoms with van der Waals surface area (Å²) in [6.07, 6.45) is 1.18. The van der Waals surface area contributed by atoms with Crippen molar-refractivity contribution in [2.24, 2.45) is 0 Å². The highest BCUT2D eigenvalue weighted by Crippen LogP contribution is 2.19. The van der Waals surface area contributed by atoms with Crippen molar-refractivity contribution < 1.29 is 19.4 Å². The maximum absolute atomic E-state index is 12.0. The maximum atomic E-state index is 12.0. The Labute approximate surface area is 150 Å². The Kier molecular flexibility index (Phi) is 5.22. The zero-order chi connectivity index (χ0) is 18.5. The highest BCUT2D eigenvalue weighted by Gasteiger charge is 2.22. The van der Waals surface area contributed by atoms with Crippen LogP contribution in [0.2, 0.25) is 0 Å². The number of ether oxygens (including phenoxy) is 1. The van der Waals surface area contributed by atoms with Crippen LogP contribution in [0.4, 0.5) is 4.79 Å². The first-order chi connectivity index (χ1) is 12.5. The first kappa shape index (κ1) is 17.5. The average Bonchev–Trinajstić information content (AvgIpc) is 3.04. The van der Waals surface area contributed by atoms with Crippen molar-refractivity contribution in [3.8, 4) is 0 Å². The number of rotatable bonds is 6. The van der Waals surface area contributed by atoms with Crippen molar-refractivity contribution in [2.75, 3.05) is 0 Å². The molecule has 0 saturated heterocycles. The van der Waals surface area contributed by atoms with Gasteiger partial charge >= 0.3 is 12.1 Å².